The summed E-state index contributed by atoms with van der Waals surface area (Å²) in [6.45, 7) is 0.464. The average Bonchev–Trinajstić information content (AvgIpc) is 3.50. The maximum Gasteiger partial charge on any atom is 0.255 e. The molecular weight excluding hydrogens is 388 g/mol. The van der Waals surface area contributed by atoms with Crippen molar-refractivity contribution in [1.29, 1.82) is 0 Å². The lowest BCUT2D eigenvalue weighted by Crippen LogP contribution is -2.38. The fourth-order valence-corrected chi connectivity index (χ4v) is 3.29. The molecule has 0 aliphatic heterocycles. The van der Waals surface area contributed by atoms with E-state index in [0.29, 0.717) is 29.5 Å². The van der Waals surface area contributed by atoms with Gasteiger partial charge in [-0.3, -0.25) is 4.79 Å². The molecule has 3 aromatic rings. The van der Waals surface area contributed by atoms with Gasteiger partial charge in [-0.1, -0.05) is 30.3 Å². The minimum Gasteiger partial charge on any atom is -0.496 e. The number of carbonyl (C=O) groups excluding carboxylic acids is 1. The number of methoxy groups -OCH3 is 1. The highest BCUT2D eigenvalue weighted by Gasteiger charge is 2.29. The molecule has 0 saturated heterocycles. The monoisotopic (exact) mass is 412 g/mol. The van der Waals surface area contributed by atoms with Gasteiger partial charge < -0.3 is 15.8 Å². The lowest BCUT2D eigenvalue weighted by molar-refractivity contribution is 0.0951. The molecule has 152 valence electrons. The lowest BCUT2D eigenvalue weighted by atomic mass is 10.1. The summed E-state index contributed by atoms with van der Waals surface area (Å²) in [5.74, 6) is 1.02. The van der Waals surface area contributed by atoms with E-state index < -0.39 is 0 Å². The normalized spacial score (nSPS) is 14.0. The van der Waals surface area contributed by atoms with Crippen LogP contribution < -0.4 is 15.8 Å². The lowest BCUT2D eigenvalue weighted by Gasteiger charge is -2.12. The van der Waals surface area contributed by atoms with Gasteiger partial charge in [0.2, 0.25) is 0 Å². The van der Waals surface area contributed by atoms with Crippen molar-refractivity contribution in [3.8, 4) is 22.7 Å². The Balaban J connectivity index is 0.00000240. The molecule has 4 rings (SSSR count). The zero-order valence-corrected chi connectivity index (χ0v) is 17.1. The molecule has 7 heteroatoms. The number of amides is 1. The number of aromatic nitrogens is 2. The van der Waals surface area contributed by atoms with Gasteiger partial charge in [0.05, 0.1) is 18.4 Å². The van der Waals surface area contributed by atoms with Gasteiger partial charge in [-0.15, -0.1) is 12.4 Å². The number of hydrogen-bond acceptors (Lipinski definition) is 4. The molecule has 1 aromatic heterocycles. The van der Waals surface area contributed by atoms with Crippen LogP contribution in [0, 0.1) is 5.92 Å². The van der Waals surface area contributed by atoms with Gasteiger partial charge in [0.25, 0.3) is 5.91 Å². The Bertz CT molecular complexity index is 970. The van der Waals surface area contributed by atoms with Crippen molar-refractivity contribution in [3.63, 3.8) is 0 Å². The number of nitrogens with two attached hydrogens (primary N) is 1. The first-order valence-corrected chi connectivity index (χ1v) is 9.49. The highest BCUT2D eigenvalue weighted by atomic mass is 35.5. The standard InChI is InChI=1S/C22H24N4O2.ClH/c1-28-20-10-6-5-9-17(20)21-18(22(27)24-13-19(23)15-11-12-15)14-26(25-21)16-7-3-2-4-8-16;/h2-10,14-15,19H,11-13,23H2,1H3,(H,24,27);1H. The van der Waals surface area contributed by atoms with E-state index in [1.54, 1.807) is 18.0 Å². The fraction of sp³-hybridized carbons (Fsp3) is 0.273. The third-order valence-corrected chi connectivity index (χ3v) is 5.07. The van der Waals surface area contributed by atoms with Crippen LogP contribution in [-0.2, 0) is 0 Å². The molecule has 1 aliphatic rings. The Kier molecular flexibility index (Phi) is 6.56. The quantitative estimate of drug-likeness (QED) is 0.622. The Labute approximate surface area is 176 Å². The predicted molar refractivity (Wildman–Crippen MR) is 116 cm³/mol. The molecule has 1 fully saturated rings. The minimum atomic E-state index is -0.181. The molecule has 2 aromatic carbocycles. The summed E-state index contributed by atoms with van der Waals surface area (Å²) in [7, 11) is 1.61. The van der Waals surface area contributed by atoms with Crippen LogP contribution in [0.2, 0.25) is 0 Å². The van der Waals surface area contributed by atoms with E-state index in [4.69, 9.17) is 15.6 Å². The molecule has 1 heterocycles. The minimum absolute atomic E-state index is 0. The van der Waals surface area contributed by atoms with Crippen LogP contribution >= 0.6 is 12.4 Å². The van der Waals surface area contributed by atoms with E-state index in [9.17, 15) is 4.79 Å². The van der Waals surface area contributed by atoms with Gasteiger partial charge in [-0.2, -0.15) is 5.10 Å². The highest BCUT2D eigenvalue weighted by Crippen LogP contribution is 2.32. The molecule has 1 aliphatic carbocycles. The van der Waals surface area contributed by atoms with E-state index in [2.05, 4.69) is 5.32 Å². The summed E-state index contributed by atoms with van der Waals surface area (Å²) in [5.41, 5.74) is 8.88. The average molecular weight is 413 g/mol. The number of carbonyl (C=O) groups is 1. The third-order valence-electron chi connectivity index (χ3n) is 5.07. The van der Waals surface area contributed by atoms with Crippen molar-refractivity contribution in [2.75, 3.05) is 13.7 Å². The number of ether oxygens (including phenoxy) is 1. The molecule has 0 radical (unpaired) electrons. The molecule has 1 amide bonds. The molecular formula is C22H25ClN4O2. The summed E-state index contributed by atoms with van der Waals surface area (Å²) in [6.07, 6.45) is 4.06. The molecule has 1 atom stereocenters. The first-order chi connectivity index (χ1) is 13.7. The van der Waals surface area contributed by atoms with E-state index in [-0.39, 0.29) is 24.4 Å². The summed E-state index contributed by atoms with van der Waals surface area (Å²) in [5, 5.41) is 7.67. The van der Waals surface area contributed by atoms with Crippen LogP contribution in [0.4, 0.5) is 0 Å². The maximum absolute atomic E-state index is 13.0. The highest BCUT2D eigenvalue weighted by molar-refractivity contribution is 6.00. The van der Waals surface area contributed by atoms with Gasteiger partial charge in [-0.05, 0) is 43.0 Å². The first kappa shape index (κ1) is 20.9. The Morgan fingerprint density at radius 2 is 1.90 bits per heavy atom. The van der Waals surface area contributed by atoms with E-state index in [0.717, 1.165) is 24.1 Å². The van der Waals surface area contributed by atoms with Gasteiger partial charge in [0, 0.05) is 24.3 Å². The maximum atomic E-state index is 13.0. The van der Waals surface area contributed by atoms with Crippen molar-refractivity contribution in [2.45, 2.75) is 18.9 Å². The van der Waals surface area contributed by atoms with Crippen molar-refractivity contribution in [3.05, 3.63) is 66.4 Å². The Hall–Kier alpha value is -2.83. The van der Waals surface area contributed by atoms with Crippen molar-refractivity contribution in [1.82, 2.24) is 15.1 Å². The number of para-hydroxylation sites is 2. The summed E-state index contributed by atoms with van der Waals surface area (Å²) in [4.78, 5) is 13.0. The SMILES string of the molecule is COc1ccccc1-c1nn(-c2ccccc2)cc1C(=O)NCC(N)C1CC1.Cl. The number of halogens is 1. The second-order valence-electron chi connectivity index (χ2n) is 7.08. The number of benzene rings is 2. The zero-order chi connectivity index (χ0) is 19.5. The molecule has 0 bridgehead atoms. The molecule has 1 saturated carbocycles. The predicted octanol–water partition coefficient (Wildman–Crippen LogP) is 3.44. The Morgan fingerprint density at radius 3 is 2.59 bits per heavy atom. The summed E-state index contributed by atoms with van der Waals surface area (Å²) >= 11 is 0. The van der Waals surface area contributed by atoms with Crippen LogP contribution in [0.25, 0.3) is 16.9 Å². The van der Waals surface area contributed by atoms with Gasteiger partial charge in [-0.25, -0.2) is 4.68 Å². The van der Waals surface area contributed by atoms with Crippen molar-refractivity contribution < 1.29 is 9.53 Å². The van der Waals surface area contributed by atoms with E-state index in [1.165, 1.54) is 0 Å². The van der Waals surface area contributed by atoms with Crippen LogP contribution in [0.1, 0.15) is 23.2 Å². The number of nitrogens with one attached hydrogen (secondary N) is 1. The van der Waals surface area contributed by atoms with Crippen LogP contribution in [0.15, 0.2) is 60.8 Å². The molecule has 0 spiro atoms. The summed E-state index contributed by atoms with van der Waals surface area (Å²) in [6, 6.07) is 17.3. The second-order valence-corrected chi connectivity index (χ2v) is 7.08. The number of nitrogens with zero attached hydrogens (tertiary/aromatic N) is 2. The van der Waals surface area contributed by atoms with E-state index in [1.807, 2.05) is 54.6 Å². The van der Waals surface area contributed by atoms with Crippen LogP contribution in [0.3, 0.4) is 0 Å². The molecule has 29 heavy (non-hydrogen) atoms. The number of hydrogen-bond donors (Lipinski definition) is 2. The topological polar surface area (TPSA) is 82.2 Å². The third kappa shape index (κ3) is 4.60. The zero-order valence-electron chi connectivity index (χ0n) is 16.2. The van der Waals surface area contributed by atoms with Gasteiger partial charge in [0.1, 0.15) is 11.4 Å². The van der Waals surface area contributed by atoms with Gasteiger partial charge in [0.15, 0.2) is 0 Å². The fourth-order valence-electron chi connectivity index (χ4n) is 3.29. The second kappa shape index (κ2) is 9.11. The Morgan fingerprint density at radius 1 is 1.21 bits per heavy atom. The smallest absolute Gasteiger partial charge is 0.255 e. The largest absolute Gasteiger partial charge is 0.496 e. The van der Waals surface area contributed by atoms with Crippen LogP contribution in [0.5, 0.6) is 5.75 Å². The number of rotatable bonds is 7. The van der Waals surface area contributed by atoms with Crippen LogP contribution in [-0.4, -0.2) is 35.4 Å². The summed E-state index contributed by atoms with van der Waals surface area (Å²) < 4.78 is 7.21. The van der Waals surface area contributed by atoms with E-state index >= 15 is 0 Å². The van der Waals surface area contributed by atoms with Crippen molar-refractivity contribution >= 4 is 18.3 Å². The molecule has 3 N–H and O–H groups in total. The van der Waals surface area contributed by atoms with Crippen molar-refractivity contribution in [2.24, 2.45) is 11.7 Å². The molecule has 6 nitrogen and oxygen atoms in total. The molecule has 1 unspecified atom stereocenters. The first-order valence-electron chi connectivity index (χ1n) is 9.49. The van der Waals surface area contributed by atoms with Gasteiger partial charge >= 0.3 is 0 Å².